The molecule has 4 aromatic rings. The second-order valence-corrected chi connectivity index (χ2v) is 8.64. The summed E-state index contributed by atoms with van der Waals surface area (Å²) in [7, 11) is 0. The Balaban J connectivity index is 0.00000256. The molecule has 0 spiro atoms. The summed E-state index contributed by atoms with van der Waals surface area (Å²) in [6, 6.07) is 21.4. The first-order valence-corrected chi connectivity index (χ1v) is 10.8. The summed E-state index contributed by atoms with van der Waals surface area (Å²) in [5.41, 5.74) is 9.36. The van der Waals surface area contributed by atoms with E-state index in [9.17, 15) is 9.18 Å². The summed E-state index contributed by atoms with van der Waals surface area (Å²) in [5.74, 6) is 0.314. The largest absolute Gasteiger partial charge is 1.00 e. The van der Waals surface area contributed by atoms with E-state index in [1.165, 1.54) is 23.5 Å². The smallest absolute Gasteiger partial charge is 0.259 e. The standard InChI is InChI=1S/C23H17FN2OS2.BrH/c24-18-11-9-16(10-12-18)15-28-23-20(26-13-5-2-6-14-26)19(25)22(29-23)21(27)17-7-3-1-4-8-17;/h1-14H,15H2,(H-,25,27);1H. The molecule has 0 saturated carbocycles. The molecule has 152 valence electrons. The second-order valence-electron chi connectivity index (χ2n) is 6.37. The van der Waals surface area contributed by atoms with Crippen molar-refractivity contribution in [1.29, 1.82) is 0 Å². The third kappa shape index (κ3) is 4.80. The molecule has 0 amide bonds. The van der Waals surface area contributed by atoms with Crippen LogP contribution in [0.1, 0.15) is 20.8 Å². The maximum atomic E-state index is 13.2. The van der Waals surface area contributed by atoms with Crippen molar-refractivity contribution < 1.29 is 30.7 Å². The number of nitrogens with two attached hydrogens (primary N) is 1. The molecule has 0 aliphatic carbocycles. The fourth-order valence-corrected chi connectivity index (χ4v) is 5.34. The minimum atomic E-state index is -0.254. The first-order chi connectivity index (χ1) is 14.1. The number of hydrogen-bond donors (Lipinski definition) is 1. The summed E-state index contributed by atoms with van der Waals surface area (Å²) in [4.78, 5) is 13.6. The Bertz CT molecular complexity index is 1130. The number of nitrogen functional groups attached to an aromatic ring is 1. The Morgan fingerprint density at radius 2 is 1.60 bits per heavy atom. The lowest BCUT2D eigenvalue weighted by Gasteiger charge is -2.01. The zero-order valence-electron chi connectivity index (χ0n) is 15.8. The van der Waals surface area contributed by atoms with Gasteiger partial charge in [-0.3, -0.25) is 4.79 Å². The highest BCUT2D eigenvalue weighted by molar-refractivity contribution is 8.00. The molecule has 0 bridgehead atoms. The third-order valence-corrected chi connectivity index (χ3v) is 6.91. The number of nitrogens with zero attached hydrogens (tertiary/aromatic N) is 1. The minimum Gasteiger partial charge on any atom is -1.00 e. The van der Waals surface area contributed by atoms with Gasteiger partial charge >= 0.3 is 0 Å². The van der Waals surface area contributed by atoms with E-state index in [4.69, 9.17) is 5.73 Å². The maximum absolute atomic E-state index is 13.2. The topological polar surface area (TPSA) is 47.0 Å². The van der Waals surface area contributed by atoms with Gasteiger partial charge in [-0.1, -0.05) is 48.5 Å². The lowest BCUT2D eigenvalue weighted by molar-refractivity contribution is -0.596. The van der Waals surface area contributed by atoms with Crippen molar-refractivity contribution in [3.8, 4) is 5.69 Å². The van der Waals surface area contributed by atoms with Crippen molar-refractivity contribution in [3.05, 3.63) is 107 Å². The van der Waals surface area contributed by atoms with E-state index >= 15 is 0 Å². The van der Waals surface area contributed by atoms with Crippen LogP contribution >= 0.6 is 23.1 Å². The zero-order valence-corrected chi connectivity index (χ0v) is 19.0. The molecule has 0 fully saturated rings. The average molecular weight is 501 g/mol. The van der Waals surface area contributed by atoms with Gasteiger partial charge in [0.05, 0.1) is 0 Å². The molecule has 2 aromatic carbocycles. The number of carbonyl (C=O) groups is 1. The molecule has 30 heavy (non-hydrogen) atoms. The van der Waals surface area contributed by atoms with Gasteiger partial charge in [-0.05, 0) is 17.7 Å². The Morgan fingerprint density at radius 3 is 2.27 bits per heavy atom. The lowest BCUT2D eigenvalue weighted by Crippen LogP contribution is -3.00. The number of pyridine rings is 1. The number of ketones is 1. The summed E-state index contributed by atoms with van der Waals surface area (Å²) in [6.45, 7) is 0. The van der Waals surface area contributed by atoms with Gasteiger partial charge in [-0.15, -0.1) is 23.1 Å². The number of thioether (sulfide) groups is 1. The van der Waals surface area contributed by atoms with Crippen molar-refractivity contribution in [1.82, 2.24) is 0 Å². The molecule has 4 rings (SSSR count). The van der Waals surface area contributed by atoms with Gasteiger partial charge in [-0.25, -0.2) is 4.39 Å². The monoisotopic (exact) mass is 500 g/mol. The molecule has 0 aliphatic rings. The van der Waals surface area contributed by atoms with E-state index in [0.717, 1.165) is 15.5 Å². The van der Waals surface area contributed by atoms with Crippen LogP contribution in [0.3, 0.4) is 0 Å². The van der Waals surface area contributed by atoms with Crippen molar-refractivity contribution in [2.24, 2.45) is 0 Å². The van der Waals surface area contributed by atoms with Crippen molar-refractivity contribution >= 4 is 34.6 Å². The SMILES string of the molecule is Nc1c(C(=O)c2ccccc2)sc(SCc2ccc(F)cc2)c1-[n+]1ccccc1.[Br-]. The summed E-state index contributed by atoms with van der Waals surface area (Å²) >= 11 is 2.99. The molecule has 0 saturated heterocycles. The predicted molar refractivity (Wildman–Crippen MR) is 116 cm³/mol. The number of carbonyl (C=O) groups excluding carboxylic acids is 1. The molecule has 0 aliphatic heterocycles. The molecule has 2 N–H and O–H groups in total. The Labute approximate surface area is 193 Å². The Hall–Kier alpha value is -2.48. The number of anilines is 1. The van der Waals surface area contributed by atoms with Crippen LogP contribution in [0.25, 0.3) is 5.69 Å². The highest BCUT2D eigenvalue weighted by Gasteiger charge is 2.28. The van der Waals surface area contributed by atoms with Crippen LogP contribution in [0.4, 0.5) is 10.1 Å². The highest BCUT2D eigenvalue weighted by atomic mass is 79.9. The van der Waals surface area contributed by atoms with Gasteiger partial charge in [0.25, 0.3) is 5.69 Å². The van der Waals surface area contributed by atoms with Crippen molar-refractivity contribution in [2.75, 3.05) is 5.73 Å². The van der Waals surface area contributed by atoms with E-state index in [1.807, 2.05) is 53.4 Å². The van der Waals surface area contributed by atoms with E-state index in [0.29, 0.717) is 21.9 Å². The second kappa shape index (κ2) is 10.0. The van der Waals surface area contributed by atoms with Crippen LogP contribution in [0.2, 0.25) is 0 Å². The fraction of sp³-hybridized carbons (Fsp3) is 0.0435. The minimum absolute atomic E-state index is 0. The molecule has 0 radical (unpaired) electrons. The quantitative estimate of drug-likeness (QED) is 0.251. The molecule has 0 unspecified atom stereocenters. The van der Waals surface area contributed by atoms with Gasteiger partial charge in [0, 0.05) is 23.4 Å². The molecular formula is C23H18BrFN2OS2. The number of rotatable bonds is 6. The van der Waals surface area contributed by atoms with Crippen LogP contribution in [-0.4, -0.2) is 5.78 Å². The van der Waals surface area contributed by atoms with Gasteiger partial charge in [0.15, 0.2) is 12.4 Å². The zero-order chi connectivity index (χ0) is 20.2. The number of hydrogen-bond acceptors (Lipinski definition) is 4. The normalized spacial score (nSPS) is 10.4. The Morgan fingerprint density at radius 1 is 0.967 bits per heavy atom. The third-order valence-electron chi connectivity index (χ3n) is 4.39. The van der Waals surface area contributed by atoms with Crippen LogP contribution in [-0.2, 0) is 5.75 Å². The van der Waals surface area contributed by atoms with E-state index in [1.54, 1.807) is 36.0 Å². The first kappa shape index (κ1) is 22.2. The van der Waals surface area contributed by atoms with Gasteiger partial charge in [0.1, 0.15) is 20.6 Å². The Kier molecular flexibility index (Phi) is 7.42. The predicted octanol–water partition coefficient (Wildman–Crippen LogP) is 2.27. The number of aromatic nitrogens is 1. The van der Waals surface area contributed by atoms with Crippen LogP contribution in [0.15, 0.2) is 89.4 Å². The van der Waals surface area contributed by atoms with Crippen molar-refractivity contribution in [3.63, 3.8) is 0 Å². The average Bonchev–Trinajstić information content (AvgIpc) is 3.10. The van der Waals surface area contributed by atoms with Crippen LogP contribution < -0.4 is 27.3 Å². The molecule has 3 nitrogen and oxygen atoms in total. The highest BCUT2D eigenvalue weighted by Crippen LogP contribution is 2.40. The van der Waals surface area contributed by atoms with E-state index in [-0.39, 0.29) is 28.6 Å². The molecule has 2 aromatic heterocycles. The molecule has 0 atom stereocenters. The van der Waals surface area contributed by atoms with Crippen LogP contribution in [0, 0.1) is 5.82 Å². The molecule has 2 heterocycles. The summed E-state index contributed by atoms with van der Waals surface area (Å²) < 4.78 is 16.1. The number of thiophene rings is 1. The van der Waals surface area contributed by atoms with Gasteiger partial charge in [-0.2, -0.15) is 4.57 Å². The maximum Gasteiger partial charge on any atom is 0.259 e. The van der Waals surface area contributed by atoms with Gasteiger partial charge in [0.2, 0.25) is 5.78 Å². The fourth-order valence-electron chi connectivity index (χ4n) is 2.92. The number of halogens is 2. The molecule has 7 heteroatoms. The number of benzene rings is 2. The van der Waals surface area contributed by atoms with Crippen molar-refractivity contribution in [2.45, 2.75) is 9.96 Å². The first-order valence-electron chi connectivity index (χ1n) is 8.99. The van der Waals surface area contributed by atoms with Crippen LogP contribution in [0.5, 0.6) is 0 Å². The summed E-state index contributed by atoms with van der Waals surface area (Å²) in [6.07, 6.45) is 3.83. The summed E-state index contributed by atoms with van der Waals surface area (Å²) in [5, 5.41) is 0. The van der Waals surface area contributed by atoms with E-state index in [2.05, 4.69) is 0 Å². The lowest BCUT2D eigenvalue weighted by atomic mass is 10.1. The molecular weight excluding hydrogens is 483 g/mol. The van der Waals surface area contributed by atoms with E-state index < -0.39 is 0 Å². The van der Waals surface area contributed by atoms with Gasteiger partial charge < -0.3 is 22.7 Å².